The van der Waals surface area contributed by atoms with Gasteiger partial charge in [-0.15, -0.1) is 11.3 Å². The number of rotatable bonds is 3. The maximum Gasteiger partial charge on any atom is 0.256 e. The number of hydrogen-bond donors (Lipinski definition) is 1. The van der Waals surface area contributed by atoms with Gasteiger partial charge in [0.25, 0.3) is 5.91 Å². The molecule has 0 atom stereocenters. The van der Waals surface area contributed by atoms with Gasteiger partial charge in [-0.3, -0.25) is 4.79 Å². The summed E-state index contributed by atoms with van der Waals surface area (Å²) in [5.41, 5.74) is 2.83. The number of aromatic nitrogens is 1. The maximum atomic E-state index is 13.1. The van der Waals surface area contributed by atoms with Crippen LogP contribution in [-0.4, -0.2) is 24.1 Å². The molecule has 0 spiro atoms. The van der Waals surface area contributed by atoms with E-state index in [4.69, 9.17) is 14.5 Å². The first-order valence-corrected chi connectivity index (χ1v) is 9.80. The Morgan fingerprint density at radius 1 is 0.964 bits per heavy atom. The molecule has 5 nitrogen and oxygen atoms in total. The first-order chi connectivity index (χ1) is 13.8. The van der Waals surface area contributed by atoms with Crippen molar-refractivity contribution in [1.82, 2.24) is 4.98 Å². The van der Waals surface area contributed by atoms with Crippen molar-refractivity contribution in [2.75, 3.05) is 18.5 Å². The first-order valence-electron chi connectivity index (χ1n) is 8.92. The molecule has 138 valence electrons. The van der Waals surface area contributed by atoms with Crippen LogP contribution in [0.3, 0.4) is 0 Å². The quantitative estimate of drug-likeness (QED) is 0.537. The van der Waals surface area contributed by atoms with Crippen molar-refractivity contribution in [2.24, 2.45) is 0 Å². The minimum absolute atomic E-state index is 0.187. The minimum Gasteiger partial charge on any atom is -0.486 e. The zero-order chi connectivity index (χ0) is 18.9. The Bertz CT molecular complexity index is 1170. The number of anilines is 1. The van der Waals surface area contributed by atoms with Gasteiger partial charge in [-0.05, 0) is 35.7 Å². The van der Waals surface area contributed by atoms with Gasteiger partial charge in [0.05, 0.1) is 21.7 Å². The first kappa shape index (κ1) is 16.8. The highest BCUT2D eigenvalue weighted by atomic mass is 32.1. The number of benzene rings is 2. The number of nitrogens with zero attached hydrogens (tertiary/aromatic N) is 1. The van der Waals surface area contributed by atoms with Gasteiger partial charge in [0.1, 0.15) is 13.2 Å². The molecule has 6 heteroatoms. The summed E-state index contributed by atoms with van der Waals surface area (Å²) in [5, 5.41) is 5.79. The summed E-state index contributed by atoms with van der Waals surface area (Å²) in [6.45, 7) is 1.04. The number of fused-ring (bicyclic) bond motifs is 2. The lowest BCUT2D eigenvalue weighted by molar-refractivity contribution is 0.102. The molecule has 28 heavy (non-hydrogen) atoms. The molecule has 1 aliphatic rings. The second-order valence-electron chi connectivity index (χ2n) is 6.36. The number of pyridine rings is 1. The standard InChI is InChI=1S/C22H16N2O3S/c25-22(23-14-7-8-19-20(12-14)27-10-9-26-19)16-13-18(21-6-3-11-28-21)24-17-5-2-1-4-15(16)17/h1-8,11-13H,9-10H2,(H,23,25). The van der Waals surface area contributed by atoms with Gasteiger partial charge in [-0.25, -0.2) is 4.98 Å². The Labute approximate surface area is 165 Å². The number of ether oxygens (including phenoxy) is 2. The van der Waals surface area contributed by atoms with Crippen molar-refractivity contribution >= 4 is 33.8 Å². The van der Waals surface area contributed by atoms with Gasteiger partial charge in [0.2, 0.25) is 0 Å². The number of nitrogens with one attached hydrogen (secondary N) is 1. The predicted octanol–water partition coefficient (Wildman–Crippen LogP) is 4.99. The second kappa shape index (κ2) is 6.98. The van der Waals surface area contributed by atoms with E-state index < -0.39 is 0 Å². The van der Waals surface area contributed by atoms with Crippen LogP contribution in [0.1, 0.15) is 10.4 Å². The molecular weight excluding hydrogens is 372 g/mol. The molecular formula is C22H16N2O3S. The molecule has 1 N–H and O–H groups in total. The molecule has 0 saturated heterocycles. The van der Waals surface area contributed by atoms with Crippen molar-refractivity contribution < 1.29 is 14.3 Å². The molecule has 0 fully saturated rings. The van der Waals surface area contributed by atoms with Crippen LogP contribution in [-0.2, 0) is 0 Å². The predicted molar refractivity (Wildman–Crippen MR) is 110 cm³/mol. The third-order valence-electron chi connectivity index (χ3n) is 4.53. The van der Waals surface area contributed by atoms with Crippen LogP contribution in [0.5, 0.6) is 11.5 Å². The number of hydrogen-bond acceptors (Lipinski definition) is 5. The molecule has 3 heterocycles. The largest absolute Gasteiger partial charge is 0.486 e. The van der Waals surface area contributed by atoms with E-state index in [9.17, 15) is 4.79 Å². The molecule has 0 saturated carbocycles. The molecule has 0 aliphatic carbocycles. The zero-order valence-electron chi connectivity index (χ0n) is 14.8. The van der Waals surface area contributed by atoms with E-state index in [-0.39, 0.29) is 5.91 Å². The Morgan fingerprint density at radius 3 is 2.68 bits per heavy atom. The summed E-state index contributed by atoms with van der Waals surface area (Å²) in [4.78, 5) is 18.9. The lowest BCUT2D eigenvalue weighted by atomic mass is 10.1. The lowest BCUT2D eigenvalue weighted by Gasteiger charge is -2.19. The summed E-state index contributed by atoms with van der Waals surface area (Å²) in [6.07, 6.45) is 0. The van der Waals surface area contributed by atoms with Crippen LogP contribution >= 0.6 is 11.3 Å². The van der Waals surface area contributed by atoms with Gasteiger partial charge in [-0.1, -0.05) is 24.3 Å². The number of carbonyl (C=O) groups excluding carboxylic acids is 1. The highest BCUT2D eigenvalue weighted by Gasteiger charge is 2.17. The van der Waals surface area contributed by atoms with Gasteiger partial charge in [0.15, 0.2) is 11.5 Å². The van der Waals surface area contributed by atoms with Crippen LogP contribution < -0.4 is 14.8 Å². The van der Waals surface area contributed by atoms with Crippen LogP contribution in [0.25, 0.3) is 21.5 Å². The van der Waals surface area contributed by atoms with Crippen LogP contribution in [0.15, 0.2) is 66.0 Å². The van der Waals surface area contributed by atoms with Crippen LogP contribution in [0.2, 0.25) is 0 Å². The number of carbonyl (C=O) groups is 1. The van der Waals surface area contributed by atoms with Gasteiger partial charge >= 0.3 is 0 Å². The number of thiophene rings is 1. The molecule has 5 rings (SSSR count). The molecule has 2 aromatic carbocycles. The molecule has 0 bridgehead atoms. The van der Waals surface area contributed by atoms with Gasteiger partial charge in [-0.2, -0.15) is 0 Å². The summed E-state index contributed by atoms with van der Waals surface area (Å²) >= 11 is 1.60. The topological polar surface area (TPSA) is 60.5 Å². The van der Waals surface area contributed by atoms with Crippen LogP contribution in [0, 0.1) is 0 Å². The van der Waals surface area contributed by atoms with Crippen molar-refractivity contribution in [2.45, 2.75) is 0 Å². The van der Waals surface area contributed by atoms with Crippen molar-refractivity contribution in [3.63, 3.8) is 0 Å². The third-order valence-corrected chi connectivity index (χ3v) is 5.43. The Morgan fingerprint density at radius 2 is 1.82 bits per heavy atom. The smallest absolute Gasteiger partial charge is 0.256 e. The number of amides is 1. The lowest BCUT2D eigenvalue weighted by Crippen LogP contribution is -2.16. The molecule has 0 unspecified atom stereocenters. The van der Waals surface area contributed by atoms with Crippen molar-refractivity contribution in [3.05, 3.63) is 71.6 Å². The Balaban J connectivity index is 1.53. The maximum absolute atomic E-state index is 13.1. The van der Waals surface area contributed by atoms with E-state index in [2.05, 4.69) is 5.32 Å². The van der Waals surface area contributed by atoms with Crippen LogP contribution in [0.4, 0.5) is 5.69 Å². The monoisotopic (exact) mass is 388 g/mol. The third kappa shape index (κ3) is 3.08. The average molecular weight is 388 g/mol. The molecule has 2 aromatic heterocycles. The minimum atomic E-state index is -0.187. The van der Waals surface area contributed by atoms with E-state index in [0.717, 1.165) is 21.5 Å². The fourth-order valence-corrected chi connectivity index (χ4v) is 3.92. The molecule has 1 amide bonds. The van der Waals surface area contributed by atoms with E-state index in [1.807, 2.05) is 60.0 Å². The van der Waals surface area contributed by atoms with Crippen molar-refractivity contribution in [1.29, 1.82) is 0 Å². The van der Waals surface area contributed by atoms with E-state index >= 15 is 0 Å². The Kier molecular flexibility index (Phi) is 4.18. The zero-order valence-corrected chi connectivity index (χ0v) is 15.7. The summed E-state index contributed by atoms with van der Waals surface area (Å²) in [7, 11) is 0. The fraction of sp³-hybridized carbons (Fsp3) is 0.0909. The molecule has 1 aliphatic heterocycles. The SMILES string of the molecule is O=C(Nc1ccc2c(c1)OCCO2)c1cc(-c2cccs2)nc2ccccc12. The van der Waals surface area contributed by atoms with Crippen molar-refractivity contribution in [3.8, 4) is 22.1 Å². The van der Waals surface area contributed by atoms with Gasteiger partial charge < -0.3 is 14.8 Å². The number of para-hydroxylation sites is 1. The molecule has 0 radical (unpaired) electrons. The normalized spacial score (nSPS) is 12.7. The summed E-state index contributed by atoms with van der Waals surface area (Å²) in [5.74, 6) is 1.15. The van der Waals surface area contributed by atoms with E-state index in [1.165, 1.54) is 0 Å². The average Bonchev–Trinajstić information content (AvgIpc) is 3.28. The fourth-order valence-electron chi connectivity index (χ4n) is 3.23. The highest BCUT2D eigenvalue weighted by molar-refractivity contribution is 7.13. The molecule has 4 aromatic rings. The summed E-state index contributed by atoms with van der Waals surface area (Å²) in [6, 6.07) is 18.9. The Hall–Kier alpha value is -3.38. The summed E-state index contributed by atoms with van der Waals surface area (Å²) < 4.78 is 11.1. The van der Waals surface area contributed by atoms with Gasteiger partial charge in [0, 0.05) is 17.1 Å². The highest BCUT2D eigenvalue weighted by Crippen LogP contribution is 2.33. The van der Waals surface area contributed by atoms with E-state index in [0.29, 0.717) is 36.0 Å². The van der Waals surface area contributed by atoms with E-state index in [1.54, 1.807) is 17.4 Å². The second-order valence-corrected chi connectivity index (χ2v) is 7.31.